The van der Waals surface area contributed by atoms with Crippen molar-refractivity contribution in [1.82, 2.24) is 9.55 Å². The predicted octanol–water partition coefficient (Wildman–Crippen LogP) is 5.32. The molecule has 0 saturated carbocycles. The van der Waals surface area contributed by atoms with Gasteiger partial charge in [-0.3, -0.25) is 14.2 Å². The van der Waals surface area contributed by atoms with Gasteiger partial charge in [0.2, 0.25) is 5.91 Å². The number of nitrogens with zero attached hydrogens (tertiary/aromatic N) is 2. The SMILES string of the molecule is O=C(Cn1cnc2scc(-c3ccc(Br)cc3)c2c1=O)Nc1ccc(F)c(Cl)c1. The first kappa shape index (κ1) is 19.8. The number of aromatic nitrogens is 2. The molecule has 0 unspecified atom stereocenters. The second-order valence-electron chi connectivity index (χ2n) is 6.19. The lowest BCUT2D eigenvalue weighted by Crippen LogP contribution is -2.27. The van der Waals surface area contributed by atoms with E-state index in [-0.39, 0.29) is 17.1 Å². The van der Waals surface area contributed by atoms with Gasteiger partial charge in [0.05, 0.1) is 16.7 Å². The quantitative estimate of drug-likeness (QED) is 0.419. The summed E-state index contributed by atoms with van der Waals surface area (Å²) in [6.45, 7) is -0.230. The molecule has 29 heavy (non-hydrogen) atoms. The Morgan fingerprint density at radius 2 is 2.00 bits per heavy atom. The molecule has 9 heteroatoms. The summed E-state index contributed by atoms with van der Waals surface area (Å²) in [6.07, 6.45) is 1.35. The molecule has 0 fully saturated rings. The van der Waals surface area contributed by atoms with Crippen LogP contribution in [-0.4, -0.2) is 15.5 Å². The van der Waals surface area contributed by atoms with Gasteiger partial charge < -0.3 is 5.32 Å². The van der Waals surface area contributed by atoms with E-state index in [2.05, 4.69) is 26.2 Å². The number of halogens is 3. The van der Waals surface area contributed by atoms with Gasteiger partial charge in [-0.1, -0.05) is 39.7 Å². The standard InChI is InChI=1S/C20H12BrClFN3O2S/c21-12-3-1-11(2-4-12)14-9-29-19-18(14)20(28)26(10-24-19)8-17(27)25-13-5-6-16(23)15(22)7-13/h1-7,9-10H,8H2,(H,25,27). The monoisotopic (exact) mass is 491 g/mol. The molecule has 4 rings (SSSR count). The van der Waals surface area contributed by atoms with Gasteiger partial charge >= 0.3 is 0 Å². The summed E-state index contributed by atoms with van der Waals surface area (Å²) in [6, 6.07) is 11.5. The summed E-state index contributed by atoms with van der Waals surface area (Å²) in [5.41, 5.74) is 1.70. The Balaban J connectivity index is 1.64. The zero-order chi connectivity index (χ0) is 20.5. The number of thiophene rings is 1. The normalized spacial score (nSPS) is 11.0. The summed E-state index contributed by atoms with van der Waals surface area (Å²) in [7, 11) is 0. The molecule has 2 heterocycles. The Labute approximate surface area is 181 Å². The van der Waals surface area contributed by atoms with Crippen LogP contribution in [0.1, 0.15) is 0 Å². The zero-order valence-electron chi connectivity index (χ0n) is 14.7. The maximum absolute atomic E-state index is 13.3. The van der Waals surface area contributed by atoms with Gasteiger partial charge in [0.15, 0.2) is 0 Å². The maximum Gasteiger partial charge on any atom is 0.263 e. The van der Waals surface area contributed by atoms with E-state index in [4.69, 9.17) is 11.6 Å². The summed E-state index contributed by atoms with van der Waals surface area (Å²) in [4.78, 5) is 30.3. The second-order valence-corrected chi connectivity index (χ2v) is 8.37. The van der Waals surface area contributed by atoms with Gasteiger partial charge in [-0.15, -0.1) is 11.3 Å². The molecule has 0 radical (unpaired) electrons. The van der Waals surface area contributed by atoms with Crippen molar-refractivity contribution in [2.75, 3.05) is 5.32 Å². The number of nitrogens with one attached hydrogen (secondary N) is 1. The molecule has 0 bridgehead atoms. The third-order valence-electron chi connectivity index (χ3n) is 4.23. The smallest absolute Gasteiger partial charge is 0.263 e. The molecule has 4 aromatic rings. The van der Waals surface area contributed by atoms with Crippen LogP contribution in [0.3, 0.4) is 0 Å². The third-order valence-corrected chi connectivity index (χ3v) is 5.94. The van der Waals surface area contributed by atoms with Crippen LogP contribution in [0.5, 0.6) is 0 Å². The number of hydrogen-bond donors (Lipinski definition) is 1. The van der Waals surface area contributed by atoms with Crippen LogP contribution in [0.4, 0.5) is 10.1 Å². The van der Waals surface area contributed by atoms with Crippen LogP contribution in [0.2, 0.25) is 5.02 Å². The molecule has 2 aromatic carbocycles. The van der Waals surface area contributed by atoms with Gasteiger partial charge in [0.25, 0.3) is 5.56 Å². The molecule has 5 nitrogen and oxygen atoms in total. The van der Waals surface area contributed by atoms with Crippen molar-refractivity contribution in [3.63, 3.8) is 0 Å². The van der Waals surface area contributed by atoms with E-state index in [9.17, 15) is 14.0 Å². The molecular weight excluding hydrogens is 481 g/mol. The lowest BCUT2D eigenvalue weighted by molar-refractivity contribution is -0.116. The number of carbonyl (C=O) groups is 1. The number of carbonyl (C=O) groups excluding carboxylic acids is 1. The van der Waals surface area contributed by atoms with Gasteiger partial charge in [0, 0.05) is 21.1 Å². The van der Waals surface area contributed by atoms with Crippen molar-refractivity contribution < 1.29 is 9.18 Å². The molecule has 1 N–H and O–H groups in total. The molecule has 0 spiro atoms. The predicted molar refractivity (Wildman–Crippen MR) is 117 cm³/mol. The number of benzene rings is 2. The molecule has 1 amide bonds. The third kappa shape index (κ3) is 4.10. The lowest BCUT2D eigenvalue weighted by Gasteiger charge is -2.08. The fraction of sp³-hybridized carbons (Fsp3) is 0.0500. The van der Waals surface area contributed by atoms with E-state index in [0.717, 1.165) is 21.7 Å². The Hall–Kier alpha value is -2.55. The largest absolute Gasteiger partial charge is 0.324 e. The number of amides is 1. The topological polar surface area (TPSA) is 64.0 Å². The molecule has 2 aromatic heterocycles. The average molecular weight is 493 g/mol. The molecule has 0 aliphatic carbocycles. The molecule has 0 saturated heterocycles. The minimum absolute atomic E-state index is 0.0968. The molecule has 0 aliphatic rings. The van der Waals surface area contributed by atoms with Crippen LogP contribution >= 0.6 is 38.9 Å². The van der Waals surface area contributed by atoms with Crippen molar-refractivity contribution in [3.8, 4) is 11.1 Å². The van der Waals surface area contributed by atoms with E-state index in [1.807, 2.05) is 29.6 Å². The first-order chi connectivity index (χ1) is 13.9. The van der Waals surface area contributed by atoms with Gasteiger partial charge in [0.1, 0.15) is 17.2 Å². The Morgan fingerprint density at radius 1 is 1.24 bits per heavy atom. The van der Waals surface area contributed by atoms with Crippen LogP contribution < -0.4 is 10.9 Å². The van der Waals surface area contributed by atoms with Crippen LogP contribution in [0.25, 0.3) is 21.3 Å². The first-order valence-corrected chi connectivity index (χ1v) is 10.4. The van der Waals surface area contributed by atoms with Crippen molar-refractivity contribution >= 4 is 60.7 Å². The minimum atomic E-state index is -0.575. The van der Waals surface area contributed by atoms with Gasteiger partial charge in [-0.25, -0.2) is 9.37 Å². The van der Waals surface area contributed by atoms with Crippen LogP contribution in [0, 0.1) is 5.82 Å². The summed E-state index contributed by atoms with van der Waals surface area (Å²) in [5, 5.41) is 4.86. The molecule has 0 atom stereocenters. The van der Waals surface area contributed by atoms with E-state index in [0.29, 0.717) is 15.9 Å². The zero-order valence-corrected chi connectivity index (χ0v) is 17.8. The van der Waals surface area contributed by atoms with E-state index in [1.54, 1.807) is 0 Å². The number of rotatable bonds is 4. The Morgan fingerprint density at radius 3 is 2.72 bits per heavy atom. The van der Waals surface area contributed by atoms with Crippen molar-refractivity contribution in [1.29, 1.82) is 0 Å². The molecule has 146 valence electrons. The maximum atomic E-state index is 13.3. The Kier molecular flexibility index (Phi) is 5.49. The van der Waals surface area contributed by atoms with Gasteiger partial charge in [-0.2, -0.15) is 0 Å². The molecule has 0 aliphatic heterocycles. The lowest BCUT2D eigenvalue weighted by atomic mass is 10.1. The van der Waals surface area contributed by atoms with E-state index < -0.39 is 11.7 Å². The highest BCUT2D eigenvalue weighted by Crippen LogP contribution is 2.31. The van der Waals surface area contributed by atoms with Crippen molar-refractivity contribution in [3.05, 3.63) is 79.8 Å². The number of fused-ring (bicyclic) bond motifs is 1. The van der Waals surface area contributed by atoms with Gasteiger partial charge in [-0.05, 0) is 35.9 Å². The summed E-state index contributed by atoms with van der Waals surface area (Å²) in [5.74, 6) is -1.02. The molecular formula is C20H12BrClFN3O2S. The van der Waals surface area contributed by atoms with Crippen molar-refractivity contribution in [2.24, 2.45) is 0 Å². The first-order valence-electron chi connectivity index (χ1n) is 8.40. The summed E-state index contributed by atoms with van der Waals surface area (Å²) >= 11 is 10.5. The highest BCUT2D eigenvalue weighted by atomic mass is 79.9. The second kappa shape index (κ2) is 8.06. The highest BCUT2D eigenvalue weighted by Gasteiger charge is 2.15. The minimum Gasteiger partial charge on any atom is -0.324 e. The van der Waals surface area contributed by atoms with Crippen LogP contribution in [0.15, 0.2) is 63.4 Å². The number of hydrogen-bond acceptors (Lipinski definition) is 4. The van der Waals surface area contributed by atoms with E-state index in [1.165, 1.54) is 34.4 Å². The Bertz CT molecular complexity index is 1290. The van der Waals surface area contributed by atoms with E-state index >= 15 is 0 Å². The fourth-order valence-electron chi connectivity index (χ4n) is 2.85. The highest BCUT2D eigenvalue weighted by molar-refractivity contribution is 9.10. The fourth-order valence-corrected chi connectivity index (χ4v) is 4.20. The summed E-state index contributed by atoms with van der Waals surface area (Å²) < 4.78 is 15.4. The van der Waals surface area contributed by atoms with Crippen molar-refractivity contribution in [2.45, 2.75) is 6.54 Å². The number of anilines is 1. The van der Waals surface area contributed by atoms with Crippen LogP contribution in [-0.2, 0) is 11.3 Å². The average Bonchev–Trinajstić information content (AvgIpc) is 3.12.